The van der Waals surface area contributed by atoms with Crippen LogP contribution >= 0.6 is 0 Å². The highest BCUT2D eigenvalue weighted by Gasteiger charge is 2.07. The second-order valence-corrected chi connectivity index (χ2v) is 4.76. The predicted octanol–water partition coefficient (Wildman–Crippen LogP) is 3.64. The molecular formula is C20H14N2O2. The minimum absolute atomic E-state index is 0.131. The Morgan fingerprint density at radius 1 is 1.17 bits per heavy atom. The zero-order chi connectivity index (χ0) is 17.4. The Morgan fingerprint density at radius 3 is 2.50 bits per heavy atom. The molecule has 0 unspecified atom stereocenters. The van der Waals surface area contributed by atoms with Crippen LogP contribution in [-0.2, 0) is 0 Å². The van der Waals surface area contributed by atoms with Gasteiger partial charge in [0.25, 0.3) is 0 Å². The molecule has 0 aromatic heterocycles. The van der Waals surface area contributed by atoms with E-state index in [4.69, 9.17) is 21.2 Å². The van der Waals surface area contributed by atoms with Gasteiger partial charge in [-0.3, -0.25) is 0 Å². The topological polar surface area (TPSA) is 66.0 Å². The monoisotopic (exact) mass is 314 g/mol. The Morgan fingerprint density at radius 2 is 1.92 bits per heavy atom. The molecule has 0 aliphatic rings. The van der Waals surface area contributed by atoms with Crippen LogP contribution in [0.3, 0.4) is 0 Å². The fourth-order valence-corrected chi connectivity index (χ4v) is 2.08. The molecule has 0 aliphatic heterocycles. The van der Waals surface area contributed by atoms with Gasteiger partial charge in [0, 0.05) is 5.56 Å². The molecule has 0 fully saturated rings. The maximum Gasteiger partial charge on any atom is 0.148 e. The van der Waals surface area contributed by atoms with E-state index >= 15 is 0 Å². The van der Waals surface area contributed by atoms with Crippen LogP contribution in [-0.4, -0.2) is 13.7 Å². The van der Waals surface area contributed by atoms with E-state index in [1.54, 1.807) is 55.7 Å². The molecule has 0 spiro atoms. The Hall–Kier alpha value is -3.68. The molecule has 0 saturated heterocycles. The van der Waals surface area contributed by atoms with Crippen molar-refractivity contribution >= 4 is 11.6 Å². The highest BCUT2D eigenvalue weighted by molar-refractivity contribution is 5.90. The molecule has 0 amide bonds. The van der Waals surface area contributed by atoms with Gasteiger partial charge >= 0.3 is 0 Å². The van der Waals surface area contributed by atoms with Crippen molar-refractivity contribution in [2.75, 3.05) is 13.7 Å². The summed E-state index contributed by atoms with van der Waals surface area (Å²) in [4.78, 5) is 0. The van der Waals surface area contributed by atoms with Crippen molar-refractivity contribution < 1.29 is 9.47 Å². The molecule has 0 N–H and O–H groups in total. The van der Waals surface area contributed by atoms with Gasteiger partial charge in [-0.15, -0.1) is 6.42 Å². The van der Waals surface area contributed by atoms with Crippen LogP contribution in [0.25, 0.3) is 11.6 Å². The molecule has 2 aromatic rings. The summed E-state index contributed by atoms with van der Waals surface area (Å²) in [5, 5.41) is 18.3. The van der Waals surface area contributed by atoms with Crippen molar-refractivity contribution in [3.8, 4) is 36.0 Å². The number of ether oxygens (including phenoxy) is 2. The zero-order valence-corrected chi connectivity index (χ0v) is 13.1. The van der Waals surface area contributed by atoms with Crippen LogP contribution in [0.1, 0.15) is 16.7 Å². The SMILES string of the molecule is C#CCOc1ccc(OC)cc1/C=C(/C#N)c1ccc(C#N)cc1. The van der Waals surface area contributed by atoms with Gasteiger partial charge in [-0.1, -0.05) is 18.1 Å². The number of benzene rings is 2. The predicted molar refractivity (Wildman–Crippen MR) is 92.0 cm³/mol. The van der Waals surface area contributed by atoms with Crippen LogP contribution in [0.4, 0.5) is 0 Å². The lowest BCUT2D eigenvalue weighted by atomic mass is 10.0. The molecule has 2 aromatic carbocycles. The van der Waals surface area contributed by atoms with E-state index in [0.29, 0.717) is 33.8 Å². The Labute approximate surface area is 141 Å². The average molecular weight is 314 g/mol. The molecule has 0 radical (unpaired) electrons. The minimum atomic E-state index is 0.131. The van der Waals surface area contributed by atoms with Crippen LogP contribution < -0.4 is 9.47 Å². The van der Waals surface area contributed by atoms with Gasteiger partial charge in [-0.2, -0.15) is 10.5 Å². The summed E-state index contributed by atoms with van der Waals surface area (Å²) in [6, 6.07) is 16.3. The van der Waals surface area contributed by atoms with Gasteiger partial charge in [0.2, 0.25) is 0 Å². The van der Waals surface area contributed by atoms with Crippen molar-refractivity contribution in [1.29, 1.82) is 10.5 Å². The van der Waals surface area contributed by atoms with Crippen molar-refractivity contribution in [1.82, 2.24) is 0 Å². The summed E-state index contributed by atoms with van der Waals surface area (Å²) in [7, 11) is 1.57. The fourth-order valence-electron chi connectivity index (χ4n) is 2.08. The van der Waals surface area contributed by atoms with Gasteiger partial charge in [0.1, 0.15) is 18.1 Å². The lowest BCUT2D eigenvalue weighted by Crippen LogP contribution is -1.96. The van der Waals surface area contributed by atoms with Gasteiger partial charge in [-0.25, -0.2) is 0 Å². The average Bonchev–Trinajstić information content (AvgIpc) is 2.64. The van der Waals surface area contributed by atoms with Crippen LogP contribution in [0.15, 0.2) is 42.5 Å². The smallest absolute Gasteiger partial charge is 0.148 e. The van der Waals surface area contributed by atoms with Gasteiger partial charge in [-0.05, 0) is 42.0 Å². The molecule has 0 atom stereocenters. The van der Waals surface area contributed by atoms with E-state index < -0.39 is 0 Å². The van der Waals surface area contributed by atoms with Crippen molar-refractivity contribution in [3.05, 3.63) is 59.2 Å². The molecule has 0 heterocycles. The standard InChI is InChI=1S/C20H14N2O2/c1-3-10-24-20-9-8-19(23-2)12-17(20)11-18(14-22)16-6-4-15(13-21)5-7-16/h1,4-9,11-12H,10H2,2H3/b18-11-. The minimum Gasteiger partial charge on any atom is -0.497 e. The van der Waals surface area contributed by atoms with E-state index in [9.17, 15) is 5.26 Å². The van der Waals surface area contributed by atoms with E-state index in [-0.39, 0.29) is 6.61 Å². The molecule has 0 aliphatic carbocycles. The quantitative estimate of drug-likeness (QED) is 0.480. The highest BCUT2D eigenvalue weighted by atomic mass is 16.5. The number of methoxy groups -OCH3 is 1. The molecule has 0 bridgehead atoms. The molecule has 4 nitrogen and oxygen atoms in total. The largest absolute Gasteiger partial charge is 0.497 e. The number of nitriles is 2. The molecule has 116 valence electrons. The number of allylic oxidation sites excluding steroid dienone is 1. The molecular weight excluding hydrogens is 300 g/mol. The first-order valence-electron chi connectivity index (χ1n) is 7.08. The summed E-state index contributed by atoms with van der Waals surface area (Å²) in [6.45, 7) is 0.131. The maximum absolute atomic E-state index is 9.47. The maximum atomic E-state index is 9.47. The third kappa shape index (κ3) is 3.95. The third-order valence-electron chi connectivity index (χ3n) is 3.27. The number of hydrogen-bond donors (Lipinski definition) is 0. The van der Waals surface area contributed by atoms with Crippen LogP contribution in [0.5, 0.6) is 11.5 Å². The summed E-state index contributed by atoms with van der Waals surface area (Å²) < 4.78 is 10.7. The summed E-state index contributed by atoms with van der Waals surface area (Å²) in [5.74, 6) is 3.62. The molecule has 2 rings (SSSR count). The first-order valence-corrected chi connectivity index (χ1v) is 7.08. The number of hydrogen-bond acceptors (Lipinski definition) is 4. The van der Waals surface area contributed by atoms with E-state index in [1.165, 1.54) is 0 Å². The van der Waals surface area contributed by atoms with Crippen LogP contribution in [0, 0.1) is 35.0 Å². The van der Waals surface area contributed by atoms with Gasteiger partial charge in [0.05, 0.1) is 30.4 Å². The second-order valence-electron chi connectivity index (χ2n) is 4.76. The fraction of sp³-hybridized carbons (Fsp3) is 0.100. The van der Waals surface area contributed by atoms with Crippen LogP contribution in [0.2, 0.25) is 0 Å². The van der Waals surface area contributed by atoms with E-state index in [1.807, 2.05) is 0 Å². The molecule has 0 saturated carbocycles. The summed E-state index contributed by atoms with van der Waals surface area (Å²) in [6.07, 6.45) is 6.94. The number of rotatable bonds is 5. The zero-order valence-electron chi connectivity index (χ0n) is 13.1. The van der Waals surface area contributed by atoms with Gasteiger partial charge < -0.3 is 9.47 Å². The highest BCUT2D eigenvalue weighted by Crippen LogP contribution is 2.28. The summed E-state index contributed by atoms with van der Waals surface area (Å²) in [5.41, 5.74) is 2.38. The van der Waals surface area contributed by atoms with Crippen molar-refractivity contribution in [2.24, 2.45) is 0 Å². The Kier molecular flexibility index (Phi) is 5.62. The molecule has 4 heteroatoms. The lowest BCUT2D eigenvalue weighted by Gasteiger charge is -2.09. The number of terminal acetylenes is 1. The Bertz CT molecular complexity index is 876. The first-order chi connectivity index (χ1) is 11.7. The Balaban J connectivity index is 2.47. The van der Waals surface area contributed by atoms with E-state index in [0.717, 1.165) is 0 Å². The molecule has 24 heavy (non-hydrogen) atoms. The van der Waals surface area contributed by atoms with Gasteiger partial charge in [0.15, 0.2) is 0 Å². The van der Waals surface area contributed by atoms with Crippen molar-refractivity contribution in [3.63, 3.8) is 0 Å². The summed E-state index contributed by atoms with van der Waals surface area (Å²) >= 11 is 0. The lowest BCUT2D eigenvalue weighted by molar-refractivity contribution is 0.367. The van der Waals surface area contributed by atoms with Crippen molar-refractivity contribution in [2.45, 2.75) is 0 Å². The van der Waals surface area contributed by atoms with E-state index in [2.05, 4.69) is 18.1 Å². The first kappa shape index (κ1) is 16.7. The number of nitrogens with zero attached hydrogens (tertiary/aromatic N) is 2. The second kappa shape index (κ2) is 8.08. The normalized spacial score (nSPS) is 10.2. The third-order valence-corrected chi connectivity index (χ3v) is 3.27.